The largest absolute Gasteiger partial charge is 0.473 e. The fourth-order valence-corrected chi connectivity index (χ4v) is 4.65. The zero-order valence-corrected chi connectivity index (χ0v) is 17.0. The van der Waals surface area contributed by atoms with E-state index in [4.69, 9.17) is 5.11 Å². The summed E-state index contributed by atoms with van der Waals surface area (Å²) in [6, 6.07) is 9.90. The predicted molar refractivity (Wildman–Crippen MR) is 112 cm³/mol. The van der Waals surface area contributed by atoms with Gasteiger partial charge in [-0.2, -0.15) is 11.8 Å². The maximum Gasteiger partial charge on any atom is 0.365 e. The summed E-state index contributed by atoms with van der Waals surface area (Å²) in [5.41, 5.74) is 1.09. The van der Waals surface area contributed by atoms with Crippen molar-refractivity contribution < 1.29 is 19.8 Å². The zero-order chi connectivity index (χ0) is 19.5. The highest BCUT2D eigenvalue weighted by molar-refractivity contribution is 8.23. The van der Waals surface area contributed by atoms with Crippen LogP contribution < -0.4 is 0 Å². The number of hydrogen-bond acceptors (Lipinski definition) is 5. The molecule has 1 aromatic rings. The van der Waals surface area contributed by atoms with Crippen molar-refractivity contribution in [1.29, 1.82) is 0 Å². The number of thioether (sulfide) groups is 2. The van der Waals surface area contributed by atoms with Crippen LogP contribution in [0.2, 0.25) is 0 Å². The fraction of sp³-hybridized carbons (Fsp3) is 0.500. The second-order valence-electron chi connectivity index (χ2n) is 6.48. The van der Waals surface area contributed by atoms with E-state index in [2.05, 4.69) is 0 Å². The number of nitrogens with zero attached hydrogens (tertiary/aromatic N) is 1. The van der Waals surface area contributed by atoms with E-state index in [0.717, 1.165) is 42.3 Å². The highest BCUT2D eigenvalue weighted by atomic mass is 32.2. The molecule has 0 radical (unpaired) electrons. The Kier molecular flexibility index (Phi) is 9.80. The SMILES string of the molecule is O=C(O)SCSCCCN1C(=O)CCC[C@@H]1/C=C/C(O)Cc1ccccc1. The topological polar surface area (TPSA) is 77.8 Å². The van der Waals surface area contributed by atoms with Crippen molar-refractivity contribution in [2.75, 3.05) is 17.4 Å². The molecule has 7 heteroatoms. The Balaban J connectivity index is 1.79. The Bertz CT molecular complexity index is 624. The highest BCUT2D eigenvalue weighted by Crippen LogP contribution is 2.21. The van der Waals surface area contributed by atoms with Gasteiger partial charge in [-0.3, -0.25) is 4.79 Å². The molecule has 0 bridgehead atoms. The fourth-order valence-electron chi connectivity index (χ4n) is 3.11. The van der Waals surface area contributed by atoms with Crippen LogP contribution in [0.1, 0.15) is 31.2 Å². The van der Waals surface area contributed by atoms with Gasteiger partial charge in [0.05, 0.1) is 17.2 Å². The van der Waals surface area contributed by atoms with Gasteiger partial charge in [-0.05, 0) is 42.3 Å². The molecular formula is C20H27NO4S2. The molecule has 27 heavy (non-hydrogen) atoms. The van der Waals surface area contributed by atoms with E-state index in [1.165, 1.54) is 0 Å². The Morgan fingerprint density at radius 3 is 2.85 bits per heavy atom. The Morgan fingerprint density at radius 1 is 1.33 bits per heavy atom. The molecule has 5 nitrogen and oxygen atoms in total. The first-order valence-electron chi connectivity index (χ1n) is 9.19. The lowest BCUT2D eigenvalue weighted by Crippen LogP contribution is -2.43. The zero-order valence-electron chi connectivity index (χ0n) is 15.3. The number of amides is 1. The predicted octanol–water partition coefficient (Wildman–Crippen LogP) is 4.02. The average Bonchev–Trinajstić information content (AvgIpc) is 2.65. The van der Waals surface area contributed by atoms with Crippen LogP contribution in [0.3, 0.4) is 0 Å². The lowest BCUT2D eigenvalue weighted by atomic mass is 9.99. The molecule has 1 saturated heterocycles. The summed E-state index contributed by atoms with van der Waals surface area (Å²) in [7, 11) is 0. The molecule has 1 unspecified atom stereocenters. The van der Waals surface area contributed by atoms with Crippen molar-refractivity contribution in [3.05, 3.63) is 48.0 Å². The van der Waals surface area contributed by atoms with Gasteiger partial charge >= 0.3 is 5.30 Å². The molecule has 1 fully saturated rings. The summed E-state index contributed by atoms with van der Waals surface area (Å²) in [6.45, 7) is 0.674. The minimum absolute atomic E-state index is 0.0371. The highest BCUT2D eigenvalue weighted by Gasteiger charge is 2.25. The first-order chi connectivity index (χ1) is 13.1. The van der Waals surface area contributed by atoms with Crippen LogP contribution in [0.15, 0.2) is 42.5 Å². The van der Waals surface area contributed by atoms with Crippen molar-refractivity contribution in [3.63, 3.8) is 0 Å². The second kappa shape index (κ2) is 12.1. The molecule has 0 aliphatic carbocycles. The van der Waals surface area contributed by atoms with Gasteiger partial charge in [-0.1, -0.05) is 42.5 Å². The number of aliphatic hydroxyl groups is 1. The molecule has 148 valence electrons. The van der Waals surface area contributed by atoms with Gasteiger partial charge in [0.1, 0.15) is 0 Å². The number of piperidine rings is 1. The second-order valence-corrected chi connectivity index (χ2v) is 8.88. The summed E-state index contributed by atoms with van der Waals surface area (Å²) < 4.78 is 0. The summed E-state index contributed by atoms with van der Waals surface area (Å²) >= 11 is 2.47. The molecule has 1 aliphatic rings. The van der Waals surface area contributed by atoms with Crippen LogP contribution in [0.5, 0.6) is 0 Å². The van der Waals surface area contributed by atoms with E-state index in [-0.39, 0.29) is 11.9 Å². The standard InChI is InChI=1S/C20H27NO4S2/c22-18(14-16-6-2-1-3-7-16)11-10-17-8-4-9-19(23)21(17)12-5-13-26-15-27-20(24)25/h1-3,6-7,10-11,17-18,22H,4-5,8-9,12-15H2,(H,24,25)/b11-10+/t17-,18?/m1/s1. The monoisotopic (exact) mass is 409 g/mol. The van der Waals surface area contributed by atoms with Crippen molar-refractivity contribution >= 4 is 34.7 Å². The third-order valence-electron chi connectivity index (χ3n) is 4.41. The number of hydrogen-bond donors (Lipinski definition) is 2. The quantitative estimate of drug-likeness (QED) is 0.345. The number of likely N-dealkylation sites (tertiary alicyclic amines) is 1. The maximum atomic E-state index is 12.3. The Morgan fingerprint density at radius 2 is 2.11 bits per heavy atom. The third kappa shape index (κ3) is 8.41. The van der Waals surface area contributed by atoms with Crippen molar-refractivity contribution in [3.8, 4) is 0 Å². The normalized spacial score (nSPS) is 18.8. The van der Waals surface area contributed by atoms with E-state index in [9.17, 15) is 14.7 Å². The summed E-state index contributed by atoms with van der Waals surface area (Å²) in [5, 5.41) is 18.5. The van der Waals surface area contributed by atoms with Gasteiger partial charge in [0, 0.05) is 19.4 Å². The number of rotatable bonds is 10. The molecule has 1 aromatic carbocycles. The summed E-state index contributed by atoms with van der Waals surface area (Å²) in [5.74, 6) is 0.996. The number of carbonyl (C=O) groups is 2. The van der Waals surface area contributed by atoms with E-state index in [0.29, 0.717) is 24.5 Å². The minimum Gasteiger partial charge on any atom is -0.473 e. The maximum absolute atomic E-state index is 12.3. The van der Waals surface area contributed by atoms with E-state index in [1.807, 2.05) is 47.4 Å². The third-order valence-corrected chi connectivity index (χ3v) is 6.37. The Hall–Kier alpha value is -1.44. The number of benzene rings is 1. The molecule has 2 N–H and O–H groups in total. The van der Waals surface area contributed by atoms with Crippen LogP contribution in [-0.4, -0.2) is 55.8 Å². The Labute approximate surface area is 169 Å². The van der Waals surface area contributed by atoms with Crippen LogP contribution in [0.25, 0.3) is 0 Å². The van der Waals surface area contributed by atoms with Gasteiger partial charge in [-0.15, -0.1) is 0 Å². The molecule has 0 spiro atoms. The van der Waals surface area contributed by atoms with Gasteiger partial charge in [0.25, 0.3) is 0 Å². The molecule has 1 amide bonds. The molecule has 2 rings (SSSR count). The molecule has 2 atom stereocenters. The molecule has 1 heterocycles. The molecule has 1 aliphatic heterocycles. The van der Waals surface area contributed by atoms with E-state index in [1.54, 1.807) is 11.8 Å². The van der Waals surface area contributed by atoms with Crippen LogP contribution in [-0.2, 0) is 11.2 Å². The van der Waals surface area contributed by atoms with Crippen LogP contribution in [0.4, 0.5) is 4.79 Å². The molecule has 0 aromatic heterocycles. The van der Waals surface area contributed by atoms with E-state index < -0.39 is 11.4 Å². The van der Waals surface area contributed by atoms with Crippen molar-refractivity contribution in [2.24, 2.45) is 0 Å². The number of carboxylic acid groups (broad SMARTS) is 1. The lowest BCUT2D eigenvalue weighted by Gasteiger charge is -2.34. The van der Waals surface area contributed by atoms with Crippen LogP contribution in [0, 0.1) is 0 Å². The van der Waals surface area contributed by atoms with Gasteiger partial charge in [-0.25, -0.2) is 4.79 Å². The first-order valence-corrected chi connectivity index (χ1v) is 11.3. The van der Waals surface area contributed by atoms with Gasteiger partial charge in [0.15, 0.2) is 0 Å². The average molecular weight is 410 g/mol. The molecular weight excluding hydrogens is 382 g/mol. The van der Waals surface area contributed by atoms with Crippen LogP contribution >= 0.6 is 23.5 Å². The van der Waals surface area contributed by atoms with Crippen molar-refractivity contribution in [2.45, 2.75) is 44.2 Å². The van der Waals surface area contributed by atoms with Gasteiger partial charge in [0.2, 0.25) is 5.91 Å². The minimum atomic E-state index is -0.854. The summed E-state index contributed by atoms with van der Waals surface area (Å²) in [6.07, 6.45) is 7.00. The number of aliphatic hydroxyl groups excluding tert-OH is 1. The summed E-state index contributed by atoms with van der Waals surface area (Å²) in [4.78, 5) is 24.7. The first kappa shape index (κ1) is 21.9. The van der Waals surface area contributed by atoms with Gasteiger partial charge < -0.3 is 15.1 Å². The van der Waals surface area contributed by atoms with Crippen molar-refractivity contribution in [1.82, 2.24) is 4.90 Å². The number of carbonyl (C=O) groups excluding carboxylic acids is 1. The molecule has 0 saturated carbocycles. The van der Waals surface area contributed by atoms with E-state index >= 15 is 0 Å². The lowest BCUT2D eigenvalue weighted by molar-refractivity contribution is -0.135. The smallest absolute Gasteiger partial charge is 0.365 e.